The van der Waals surface area contributed by atoms with E-state index in [2.05, 4.69) is 31.6 Å². The number of carbonyl (C=O) groups excluding carboxylic acids is 3. The molecule has 6 rings (SSSR count). The van der Waals surface area contributed by atoms with Gasteiger partial charge < -0.3 is 26.2 Å². The van der Waals surface area contributed by atoms with Crippen LogP contribution in [0.5, 0.6) is 0 Å². The lowest BCUT2D eigenvalue weighted by Gasteiger charge is -2.29. The lowest BCUT2D eigenvalue weighted by atomic mass is 9.85. The van der Waals surface area contributed by atoms with Gasteiger partial charge in [-0.25, -0.2) is 4.99 Å². The maximum Gasteiger partial charge on any atom is 0.269 e. The average molecular weight is 675 g/mol. The number of amides is 3. The third-order valence-corrected chi connectivity index (χ3v) is 9.85. The molecule has 1 atom stereocenters. The van der Waals surface area contributed by atoms with E-state index in [4.69, 9.17) is 16.6 Å². The van der Waals surface area contributed by atoms with Gasteiger partial charge in [0, 0.05) is 74.5 Å². The minimum atomic E-state index is -0.551. The number of nitrogen functional groups attached to an aromatic ring is 1. The highest BCUT2D eigenvalue weighted by molar-refractivity contribution is 6.15. The van der Waals surface area contributed by atoms with E-state index in [0.717, 1.165) is 17.5 Å². The third-order valence-electron chi connectivity index (χ3n) is 9.85. The van der Waals surface area contributed by atoms with E-state index in [1.807, 2.05) is 35.2 Å². The summed E-state index contributed by atoms with van der Waals surface area (Å²) >= 11 is 0. The molecule has 0 bridgehead atoms. The van der Waals surface area contributed by atoms with E-state index in [-0.39, 0.29) is 41.5 Å². The number of benzene rings is 2. The van der Waals surface area contributed by atoms with Crippen molar-refractivity contribution in [3.05, 3.63) is 94.8 Å². The summed E-state index contributed by atoms with van der Waals surface area (Å²) in [5.41, 5.74) is 11.2. The zero-order chi connectivity index (χ0) is 35.4. The Morgan fingerprint density at radius 1 is 1.02 bits per heavy atom. The summed E-state index contributed by atoms with van der Waals surface area (Å²) in [5.74, 6) is -0.0286. The number of pyridine rings is 1. The van der Waals surface area contributed by atoms with Crippen LogP contribution in [-0.4, -0.2) is 104 Å². The molecule has 2 saturated heterocycles. The number of nitrogens with one attached hydrogen (secondary N) is 4. The molecule has 2 fully saturated rings. The maximum atomic E-state index is 13.9. The lowest BCUT2D eigenvalue weighted by Crippen LogP contribution is -2.43. The molecular weight excluding hydrogens is 632 g/mol. The number of nitrogens with two attached hydrogens (primary N) is 1. The monoisotopic (exact) mass is 674 g/mol. The predicted octanol–water partition coefficient (Wildman–Crippen LogP) is 2.76. The van der Waals surface area contributed by atoms with Crippen molar-refractivity contribution in [2.75, 3.05) is 64.0 Å². The Morgan fingerprint density at radius 2 is 1.78 bits per heavy atom. The molecule has 0 radical (unpaired) electrons. The summed E-state index contributed by atoms with van der Waals surface area (Å²) in [6.45, 7) is 3.19. The first-order valence-corrected chi connectivity index (χ1v) is 16.7. The van der Waals surface area contributed by atoms with E-state index in [0.29, 0.717) is 68.1 Å². The highest BCUT2D eigenvalue weighted by Crippen LogP contribution is 2.43. The van der Waals surface area contributed by atoms with Crippen molar-refractivity contribution in [2.45, 2.75) is 19.3 Å². The average Bonchev–Trinajstić information content (AvgIpc) is 3.71. The summed E-state index contributed by atoms with van der Waals surface area (Å²) in [4.78, 5) is 53.1. The number of amidine groups is 1. The van der Waals surface area contributed by atoms with Crippen LogP contribution in [0.4, 0.5) is 11.4 Å². The van der Waals surface area contributed by atoms with Crippen LogP contribution in [0.2, 0.25) is 0 Å². The van der Waals surface area contributed by atoms with Gasteiger partial charge in [-0.1, -0.05) is 30.3 Å². The van der Waals surface area contributed by atoms with Gasteiger partial charge in [-0.2, -0.15) is 0 Å². The van der Waals surface area contributed by atoms with Crippen LogP contribution < -0.4 is 21.3 Å². The first kappa shape index (κ1) is 34.2. The molecule has 3 amide bonds. The maximum absolute atomic E-state index is 13.9. The summed E-state index contributed by atoms with van der Waals surface area (Å²) in [6, 6.07) is 16.3. The summed E-state index contributed by atoms with van der Waals surface area (Å²) in [5, 5.41) is 22.2. The normalized spacial score (nSPS) is 19.2. The number of nitrogens with zero attached hydrogens (tertiary/aromatic N) is 5. The molecule has 258 valence electrons. The number of rotatable bonds is 9. The molecule has 3 aromatic rings. The van der Waals surface area contributed by atoms with Crippen LogP contribution in [0.15, 0.2) is 71.9 Å². The molecule has 0 aliphatic carbocycles. The summed E-state index contributed by atoms with van der Waals surface area (Å²) < 4.78 is 0. The molecule has 1 spiro atoms. The van der Waals surface area contributed by atoms with Crippen molar-refractivity contribution in [2.24, 2.45) is 10.4 Å². The van der Waals surface area contributed by atoms with Crippen LogP contribution in [-0.2, 0) is 9.59 Å². The largest absolute Gasteiger partial charge is 0.398 e. The van der Waals surface area contributed by atoms with E-state index >= 15 is 0 Å². The Balaban J connectivity index is 1.05. The molecular formula is C37H42N10O3. The van der Waals surface area contributed by atoms with Crippen molar-refractivity contribution < 1.29 is 14.4 Å². The second-order valence-corrected chi connectivity index (χ2v) is 12.9. The number of hydrogen-bond donors (Lipinski definition) is 5. The van der Waals surface area contributed by atoms with Gasteiger partial charge in [0.05, 0.1) is 24.0 Å². The van der Waals surface area contributed by atoms with Crippen molar-refractivity contribution in [1.82, 2.24) is 25.4 Å². The number of anilines is 2. The van der Waals surface area contributed by atoms with Crippen LogP contribution in [0.3, 0.4) is 0 Å². The summed E-state index contributed by atoms with van der Waals surface area (Å²) in [6.07, 6.45) is 7.18. The van der Waals surface area contributed by atoms with Crippen molar-refractivity contribution in [3.63, 3.8) is 0 Å². The van der Waals surface area contributed by atoms with E-state index in [9.17, 15) is 14.4 Å². The second-order valence-electron chi connectivity index (χ2n) is 12.9. The fraction of sp³-hybridized carbons (Fsp3) is 0.324. The van der Waals surface area contributed by atoms with E-state index in [1.54, 1.807) is 36.2 Å². The molecule has 1 aromatic heterocycles. The highest BCUT2D eigenvalue weighted by Gasteiger charge is 2.51. The zero-order valence-electron chi connectivity index (χ0n) is 28.3. The van der Waals surface area contributed by atoms with Gasteiger partial charge in [-0.3, -0.25) is 35.1 Å². The number of aliphatic imine (C=N–C) groups is 1. The van der Waals surface area contributed by atoms with Gasteiger partial charge in [0.1, 0.15) is 5.69 Å². The summed E-state index contributed by atoms with van der Waals surface area (Å²) in [7, 11) is 3.27. The van der Waals surface area contributed by atoms with Gasteiger partial charge in [0.15, 0.2) is 5.84 Å². The van der Waals surface area contributed by atoms with Gasteiger partial charge in [0.25, 0.3) is 5.91 Å². The molecule has 4 heterocycles. The molecule has 0 saturated carbocycles. The molecule has 6 N–H and O–H groups in total. The minimum absolute atomic E-state index is 0.0341. The third kappa shape index (κ3) is 6.90. The van der Waals surface area contributed by atoms with E-state index in [1.165, 1.54) is 25.2 Å². The van der Waals surface area contributed by atoms with Crippen LogP contribution in [0, 0.1) is 16.2 Å². The Kier molecular flexibility index (Phi) is 9.86. The fourth-order valence-corrected chi connectivity index (χ4v) is 6.92. The zero-order valence-corrected chi connectivity index (χ0v) is 28.3. The lowest BCUT2D eigenvalue weighted by molar-refractivity contribution is -0.132. The van der Waals surface area contributed by atoms with Gasteiger partial charge >= 0.3 is 0 Å². The molecule has 13 nitrogen and oxygen atoms in total. The molecule has 2 aromatic carbocycles. The fourth-order valence-electron chi connectivity index (χ4n) is 6.92. The first-order valence-electron chi connectivity index (χ1n) is 16.7. The van der Waals surface area contributed by atoms with E-state index < -0.39 is 5.41 Å². The van der Waals surface area contributed by atoms with Crippen molar-refractivity contribution in [1.29, 1.82) is 10.8 Å². The Labute approximate surface area is 291 Å². The molecule has 50 heavy (non-hydrogen) atoms. The van der Waals surface area contributed by atoms with Crippen molar-refractivity contribution in [3.8, 4) is 0 Å². The Bertz CT molecular complexity index is 1890. The van der Waals surface area contributed by atoms with Gasteiger partial charge in [-0.05, 0) is 67.3 Å². The quantitative estimate of drug-likeness (QED) is 0.131. The van der Waals surface area contributed by atoms with Crippen LogP contribution >= 0.6 is 0 Å². The number of likely N-dealkylation sites (tertiary alicyclic amines) is 1. The highest BCUT2D eigenvalue weighted by atomic mass is 16.2. The van der Waals surface area contributed by atoms with Gasteiger partial charge in [0.2, 0.25) is 11.8 Å². The number of hydrogen-bond acceptors (Lipinski definition) is 8. The predicted molar refractivity (Wildman–Crippen MR) is 195 cm³/mol. The topological polar surface area (TPSA) is 184 Å². The molecule has 3 aliphatic heterocycles. The molecule has 3 aliphatic rings. The Morgan fingerprint density at radius 3 is 2.46 bits per heavy atom. The second kappa shape index (κ2) is 14.4. The number of aromatic nitrogens is 1. The molecule has 0 unspecified atom stereocenters. The smallest absolute Gasteiger partial charge is 0.269 e. The minimum Gasteiger partial charge on any atom is -0.398 e. The Hall–Kier alpha value is -5.69. The van der Waals surface area contributed by atoms with Gasteiger partial charge in [-0.15, -0.1) is 0 Å². The first-order chi connectivity index (χ1) is 24.1. The van der Waals surface area contributed by atoms with Crippen LogP contribution in [0.25, 0.3) is 5.57 Å². The number of carbonyl (C=O) groups is 3. The standard InChI is InChI=1S/C37H42N10O3/c1-41-23-44-34(40)26-5-3-24(4-6-26)25-11-15-46(16-12-25)32(48)21-45-17-13-37(22-45)14-18-47(36(37)50)28-8-9-30(38)29(19-28)33(39)27-7-10-31(43-20-27)35(49)42-2/h3-11,19-20,23,39H,12-18,21-22,38H2,1-2H3,(H,42,49)(H2,40,41,44)/t37-/m0/s1. The molecule has 13 heteroatoms. The SMILES string of the molecule is CN/C=N\C(=N)c1ccc(C2=CCN(C(=O)CN3CC[C@]4(CCN(c5ccc(N)c(C(=N)c6ccc(C(=O)NC)nc6)c5)C4=O)C3)CC2)cc1. The van der Waals surface area contributed by atoms with Crippen molar-refractivity contribution >= 4 is 52.6 Å². The van der Waals surface area contributed by atoms with Crippen LogP contribution in [0.1, 0.15) is 52.0 Å².